The highest BCUT2D eigenvalue weighted by molar-refractivity contribution is 7.15. The second-order valence-electron chi connectivity index (χ2n) is 8.94. The standard InChI is InChI=1S/C24H34N4O2S/c1-16-20(9-6-10-21(16)26-24-25-17(2)22(31-24)18(3)29)15-27-11-13-28(14-12-27)23(30)19-7-4-5-8-19/h6,9-10,18-19,29H,4-5,7-8,11-15H2,1-3H3,(H,25,26). The molecular formula is C24H34N4O2S. The number of thiazole rings is 1. The maximum atomic E-state index is 12.7. The number of benzene rings is 1. The number of carbonyl (C=O) groups is 1. The highest BCUT2D eigenvalue weighted by atomic mass is 32.1. The van der Waals surface area contributed by atoms with Crippen molar-refractivity contribution >= 4 is 28.1 Å². The Morgan fingerprint density at radius 3 is 2.58 bits per heavy atom. The van der Waals surface area contributed by atoms with Crippen molar-refractivity contribution in [3.63, 3.8) is 0 Å². The monoisotopic (exact) mass is 442 g/mol. The minimum absolute atomic E-state index is 0.278. The van der Waals surface area contributed by atoms with Crippen LogP contribution in [0.5, 0.6) is 0 Å². The molecule has 2 aromatic rings. The van der Waals surface area contributed by atoms with Crippen LogP contribution >= 0.6 is 11.3 Å². The molecule has 2 N–H and O–H groups in total. The van der Waals surface area contributed by atoms with Gasteiger partial charge >= 0.3 is 0 Å². The fraction of sp³-hybridized carbons (Fsp3) is 0.583. The second-order valence-corrected chi connectivity index (χ2v) is 9.97. The van der Waals surface area contributed by atoms with E-state index in [1.807, 2.05) is 6.92 Å². The van der Waals surface area contributed by atoms with E-state index in [-0.39, 0.29) is 5.92 Å². The summed E-state index contributed by atoms with van der Waals surface area (Å²) in [5.74, 6) is 0.662. The lowest BCUT2D eigenvalue weighted by Gasteiger charge is -2.36. The largest absolute Gasteiger partial charge is 0.388 e. The first-order valence-electron chi connectivity index (χ1n) is 11.4. The third-order valence-corrected chi connectivity index (χ3v) is 7.92. The molecule has 1 unspecified atom stereocenters. The average molecular weight is 443 g/mol. The summed E-state index contributed by atoms with van der Waals surface area (Å²) in [6, 6.07) is 6.35. The minimum atomic E-state index is -0.500. The number of piperazine rings is 1. The zero-order valence-corrected chi connectivity index (χ0v) is 19.7. The molecule has 0 bridgehead atoms. The molecule has 0 spiro atoms. The Balaban J connectivity index is 1.36. The summed E-state index contributed by atoms with van der Waals surface area (Å²) >= 11 is 1.51. The molecule has 1 atom stereocenters. The Labute approximate surface area is 189 Å². The number of nitrogens with one attached hydrogen (secondary N) is 1. The van der Waals surface area contributed by atoms with Crippen LogP contribution < -0.4 is 5.32 Å². The molecule has 1 saturated heterocycles. The number of aliphatic hydroxyl groups is 1. The molecule has 2 fully saturated rings. The number of aryl methyl sites for hydroxylation is 1. The predicted molar refractivity (Wildman–Crippen MR) is 126 cm³/mol. The van der Waals surface area contributed by atoms with Gasteiger partial charge in [0.25, 0.3) is 0 Å². The van der Waals surface area contributed by atoms with Crippen LogP contribution in [-0.4, -0.2) is 52.0 Å². The van der Waals surface area contributed by atoms with Crippen LogP contribution in [0.2, 0.25) is 0 Å². The molecule has 2 aliphatic rings. The van der Waals surface area contributed by atoms with Gasteiger partial charge in [-0.15, -0.1) is 0 Å². The number of aromatic nitrogens is 1. The number of carbonyl (C=O) groups excluding carboxylic acids is 1. The van der Waals surface area contributed by atoms with Gasteiger partial charge in [-0.3, -0.25) is 9.69 Å². The second kappa shape index (κ2) is 9.67. The summed E-state index contributed by atoms with van der Waals surface area (Å²) in [4.78, 5) is 22.7. The van der Waals surface area contributed by atoms with Gasteiger partial charge in [0.05, 0.1) is 16.7 Å². The van der Waals surface area contributed by atoms with Gasteiger partial charge in [0.1, 0.15) is 0 Å². The fourth-order valence-electron chi connectivity index (χ4n) is 4.75. The molecule has 1 amide bonds. The van der Waals surface area contributed by atoms with Crippen molar-refractivity contribution in [2.75, 3.05) is 31.5 Å². The third-order valence-electron chi connectivity index (χ3n) is 6.68. The zero-order chi connectivity index (χ0) is 22.0. The smallest absolute Gasteiger partial charge is 0.225 e. The maximum absolute atomic E-state index is 12.7. The molecule has 1 aromatic heterocycles. The van der Waals surface area contributed by atoms with E-state index in [0.29, 0.717) is 5.91 Å². The van der Waals surface area contributed by atoms with Crippen molar-refractivity contribution in [3.8, 4) is 0 Å². The first kappa shape index (κ1) is 22.2. The summed E-state index contributed by atoms with van der Waals surface area (Å²) in [6.07, 6.45) is 4.08. The lowest BCUT2D eigenvalue weighted by molar-refractivity contribution is -0.137. The van der Waals surface area contributed by atoms with E-state index in [2.05, 4.69) is 45.2 Å². The van der Waals surface area contributed by atoms with Crippen molar-refractivity contribution in [3.05, 3.63) is 39.9 Å². The Kier molecular flexibility index (Phi) is 6.94. The quantitative estimate of drug-likeness (QED) is 0.694. The van der Waals surface area contributed by atoms with Gasteiger partial charge in [0, 0.05) is 44.3 Å². The summed E-state index contributed by atoms with van der Waals surface area (Å²) in [7, 11) is 0. The molecule has 168 valence electrons. The summed E-state index contributed by atoms with van der Waals surface area (Å²) in [5.41, 5.74) is 4.45. The Bertz CT molecular complexity index is 912. The number of rotatable bonds is 6. The lowest BCUT2D eigenvalue weighted by Crippen LogP contribution is -2.49. The van der Waals surface area contributed by atoms with Gasteiger partial charge in [0.2, 0.25) is 5.91 Å². The van der Waals surface area contributed by atoms with Gasteiger partial charge < -0.3 is 15.3 Å². The zero-order valence-electron chi connectivity index (χ0n) is 18.9. The molecular weight excluding hydrogens is 408 g/mol. The Morgan fingerprint density at radius 2 is 1.94 bits per heavy atom. The number of hydrogen-bond acceptors (Lipinski definition) is 6. The number of aliphatic hydroxyl groups excluding tert-OH is 1. The van der Waals surface area contributed by atoms with Crippen LogP contribution in [0.25, 0.3) is 0 Å². The van der Waals surface area contributed by atoms with Crippen molar-refractivity contribution in [1.82, 2.24) is 14.8 Å². The molecule has 31 heavy (non-hydrogen) atoms. The van der Waals surface area contributed by atoms with Crippen molar-refractivity contribution in [2.24, 2.45) is 5.92 Å². The lowest BCUT2D eigenvalue weighted by atomic mass is 10.0. The van der Waals surface area contributed by atoms with Crippen molar-refractivity contribution in [2.45, 2.75) is 59.1 Å². The van der Waals surface area contributed by atoms with E-state index < -0.39 is 6.10 Å². The van der Waals surface area contributed by atoms with E-state index in [4.69, 9.17) is 0 Å². The molecule has 1 saturated carbocycles. The number of anilines is 2. The van der Waals surface area contributed by atoms with Gasteiger partial charge in [-0.05, 0) is 50.8 Å². The molecule has 6 nitrogen and oxygen atoms in total. The average Bonchev–Trinajstić information content (AvgIpc) is 3.41. The number of hydrogen-bond donors (Lipinski definition) is 2. The normalized spacial score (nSPS) is 19.0. The predicted octanol–water partition coefficient (Wildman–Crippen LogP) is 4.39. The van der Waals surface area contributed by atoms with Gasteiger partial charge in [-0.2, -0.15) is 0 Å². The van der Waals surface area contributed by atoms with Crippen LogP contribution in [0.4, 0.5) is 10.8 Å². The van der Waals surface area contributed by atoms with E-state index in [9.17, 15) is 9.90 Å². The Morgan fingerprint density at radius 1 is 1.23 bits per heavy atom. The van der Waals surface area contributed by atoms with Gasteiger partial charge in [0.15, 0.2) is 5.13 Å². The summed E-state index contributed by atoms with van der Waals surface area (Å²) in [6.45, 7) is 10.3. The summed E-state index contributed by atoms with van der Waals surface area (Å²) < 4.78 is 0. The molecule has 1 aliphatic carbocycles. The topological polar surface area (TPSA) is 68.7 Å². The van der Waals surface area contributed by atoms with E-state index in [1.165, 1.54) is 35.3 Å². The van der Waals surface area contributed by atoms with Crippen LogP contribution in [0.1, 0.15) is 60.4 Å². The van der Waals surface area contributed by atoms with Gasteiger partial charge in [-0.25, -0.2) is 4.98 Å². The van der Waals surface area contributed by atoms with E-state index in [1.54, 1.807) is 6.92 Å². The van der Waals surface area contributed by atoms with Crippen LogP contribution in [-0.2, 0) is 11.3 Å². The minimum Gasteiger partial charge on any atom is -0.388 e. The molecule has 1 aliphatic heterocycles. The number of amides is 1. The van der Waals surface area contributed by atoms with Crippen molar-refractivity contribution < 1.29 is 9.90 Å². The SMILES string of the molecule is Cc1nc(Nc2cccc(CN3CCN(C(=O)C4CCCC4)CC3)c2C)sc1C(C)O. The molecule has 7 heteroatoms. The maximum Gasteiger partial charge on any atom is 0.225 e. The highest BCUT2D eigenvalue weighted by Gasteiger charge is 2.29. The molecule has 4 rings (SSSR count). The third kappa shape index (κ3) is 5.10. The van der Waals surface area contributed by atoms with Gasteiger partial charge in [-0.1, -0.05) is 36.3 Å². The first-order chi connectivity index (χ1) is 14.9. The van der Waals surface area contributed by atoms with Crippen molar-refractivity contribution in [1.29, 1.82) is 0 Å². The fourth-order valence-corrected chi connectivity index (χ4v) is 5.67. The Hall–Kier alpha value is -1.96. The number of nitrogens with zero attached hydrogens (tertiary/aromatic N) is 3. The van der Waals surface area contributed by atoms with Crippen LogP contribution in [0.15, 0.2) is 18.2 Å². The summed E-state index contributed by atoms with van der Waals surface area (Å²) in [5, 5.41) is 14.1. The van der Waals surface area contributed by atoms with Crippen LogP contribution in [0, 0.1) is 19.8 Å². The van der Waals surface area contributed by atoms with E-state index >= 15 is 0 Å². The van der Waals surface area contributed by atoms with E-state index in [0.717, 1.165) is 67.0 Å². The molecule has 1 aromatic carbocycles. The highest BCUT2D eigenvalue weighted by Crippen LogP contribution is 2.32. The first-order valence-corrected chi connectivity index (χ1v) is 12.3. The van der Waals surface area contributed by atoms with Crippen LogP contribution in [0.3, 0.4) is 0 Å². The molecule has 0 radical (unpaired) electrons. The molecule has 2 heterocycles.